The fourth-order valence-electron chi connectivity index (χ4n) is 1.05. The molecule has 4 heteroatoms. The van der Waals surface area contributed by atoms with Crippen molar-refractivity contribution in [2.24, 2.45) is 0 Å². The van der Waals surface area contributed by atoms with Crippen LogP contribution in [0.5, 0.6) is 0 Å². The Hall–Kier alpha value is -2.10. The van der Waals surface area contributed by atoms with Gasteiger partial charge in [0.15, 0.2) is 5.78 Å². The zero-order valence-electron chi connectivity index (χ0n) is 7.97. The summed E-state index contributed by atoms with van der Waals surface area (Å²) in [7, 11) is 0. The largest absolute Gasteiger partial charge is 0.481 e. The SMILES string of the molecule is C=CC(=O)C(=Cc1ccco1)CC(=O)O. The summed E-state index contributed by atoms with van der Waals surface area (Å²) < 4.78 is 4.98. The van der Waals surface area contributed by atoms with Crippen LogP contribution in [0.15, 0.2) is 41.0 Å². The molecule has 0 radical (unpaired) electrons. The van der Waals surface area contributed by atoms with E-state index in [0.717, 1.165) is 6.08 Å². The highest BCUT2D eigenvalue weighted by Crippen LogP contribution is 2.12. The number of hydrogen-bond acceptors (Lipinski definition) is 3. The zero-order chi connectivity index (χ0) is 11.3. The third-order valence-corrected chi connectivity index (χ3v) is 1.70. The normalized spacial score (nSPS) is 11.1. The Morgan fingerprint density at radius 3 is 2.73 bits per heavy atom. The van der Waals surface area contributed by atoms with E-state index in [-0.39, 0.29) is 12.0 Å². The Balaban J connectivity index is 2.94. The zero-order valence-corrected chi connectivity index (χ0v) is 7.97. The molecule has 0 aliphatic carbocycles. The minimum absolute atomic E-state index is 0.146. The van der Waals surface area contributed by atoms with Crippen LogP contribution in [-0.2, 0) is 9.59 Å². The van der Waals surface area contributed by atoms with Gasteiger partial charge in [0.1, 0.15) is 5.76 Å². The van der Waals surface area contributed by atoms with Crippen LogP contribution in [0.2, 0.25) is 0 Å². The molecule has 1 N–H and O–H groups in total. The molecule has 1 aromatic heterocycles. The first-order chi connectivity index (χ1) is 7.13. The molecule has 0 bridgehead atoms. The van der Waals surface area contributed by atoms with Crippen molar-refractivity contribution in [3.63, 3.8) is 0 Å². The van der Waals surface area contributed by atoms with Crippen LogP contribution in [0.1, 0.15) is 12.2 Å². The van der Waals surface area contributed by atoms with Crippen LogP contribution in [0, 0.1) is 0 Å². The van der Waals surface area contributed by atoms with Crippen LogP contribution in [0.25, 0.3) is 6.08 Å². The Bertz CT molecular complexity index is 398. The number of rotatable bonds is 5. The van der Waals surface area contributed by atoms with Crippen molar-refractivity contribution in [1.29, 1.82) is 0 Å². The van der Waals surface area contributed by atoms with E-state index < -0.39 is 11.8 Å². The molecule has 0 unspecified atom stereocenters. The molecule has 0 aliphatic heterocycles. The van der Waals surface area contributed by atoms with E-state index in [9.17, 15) is 9.59 Å². The maximum absolute atomic E-state index is 11.3. The molecule has 1 rings (SSSR count). The summed E-state index contributed by atoms with van der Waals surface area (Å²) in [5.41, 5.74) is 0.146. The molecule has 4 nitrogen and oxygen atoms in total. The Labute approximate surface area is 86.5 Å². The maximum atomic E-state index is 11.3. The van der Waals surface area contributed by atoms with Gasteiger partial charge < -0.3 is 9.52 Å². The van der Waals surface area contributed by atoms with Crippen LogP contribution in [0.4, 0.5) is 0 Å². The summed E-state index contributed by atoms with van der Waals surface area (Å²) in [5.74, 6) is -1.03. The number of aliphatic carboxylic acids is 1. The van der Waals surface area contributed by atoms with E-state index in [1.165, 1.54) is 12.3 Å². The fourth-order valence-corrected chi connectivity index (χ4v) is 1.05. The molecular weight excluding hydrogens is 196 g/mol. The Kier molecular flexibility index (Phi) is 3.62. The summed E-state index contributed by atoms with van der Waals surface area (Å²) >= 11 is 0. The van der Waals surface area contributed by atoms with Crippen molar-refractivity contribution in [3.8, 4) is 0 Å². The summed E-state index contributed by atoms with van der Waals surface area (Å²) in [6.45, 7) is 3.30. The van der Waals surface area contributed by atoms with E-state index in [4.69, 9.17) is 9.52 Å². The molecule has 0 spiro atoms. The molecule has 0 aromatic carbocycles. The van der Waals surface area contributed by atoms with Crippen molar-refractivity contribution in [3.05, 3.63) is 42.4 Å². The number of carboxylic acids is 1. The number of carboxylic acid groups (broad SMARTS) is 1. The molecule has 1 heterocycles. The average Bonchev–Trinajstić information content (AvgIpc) is 2.67. The molecule has 0 amide bonds. The molecule has 0 fully saturated rings. The average molecular weight is 206 g/mol. The quantitative estimate of drug-likeness (QED) is 0.747. The first-order valence-electron chi connectivity index (χ1n) is 4.26. The van der Waals surface area contributed by atoms with Gasteiger partial charge in [0.25, 0.3) is 0 Å². The van der Waals surface area contributed by atoms with Crippen LogP contribution in [-0.4, -0.2) is 16.9 Å². The van der Waals surface area contributed by atoms with Gasteiger partial charge in [0.05, 0.1) is 12.7 Å². The second-order valence-corrected chi connectivity index (χ2v) is 2.82. The number of hydrogen-bond donors (Lipinski definition) is 1. The van der Waals surface area contributed by atoms with Crippen molar-refractivity contribution >= 4 is 17.8 Å². The van der Waals surface area contributed by atoms with Crippen molar-refractivity contribution in [2.45, 2.75) is 6.42 Å². The highest BCUT2D eigenvalue weighted by atomic mass is 16.4. The van der Waals surface area contributed by atoms with Gasteiger partial charge in [-0.1, -0.05) is 6.58 Å². The van der Waals surface area contributed by atoms with Gasteiger partial charge in [-0.25, -0.2) is 0 Å². The second kappa shape index (κ2) is 4.95. The number of allylic oxidation sites excluding steroid dienone is 1. The van der Waals surface area contributed by atoms with Crippen LogP contribution in [0.3, 0.4) is 0 Å². The smallest absolute Gasteiger partial charge is 0.307 e. The molecule has 15 heavy (non-hydrogen) atoms. The Morgan fingerprint density at radius 1 is 1.53 bits per heavy atom. The van der Waals surface area contributed by atoms with Crippen LogP contribution < -0.4 is 0 Å². The van der Waals surface area contributed by atoms with Gasteiger partial charge in [0, 0.05) is 5.57 Å². The van der Waals surface area contributed by atoms with Crippen LogP contribution >= 0.6 is 0 Å². The highest BCUT2D eigenvalue weighted by Gasteiger charge is 2.10. The van der Waals surface area contributed by atoms with E-state index >= 15 is 0 Å². The van der Waals surface area contributed by atoms with Gasteiger partial charge >= 0.3 is 5.97 Å². The lowest BCUT2D eigenvalue weighted by Gasteiger charge is -1.98. The van der Waals surface area contributed by atoms with Crippen molar-refractivity contribution in [1.82, 2.24) is 0 Å². The second-order valence-electron chi connectivity index (χ2n) is 2.82. The highest BCUT2D eigenvalue weighted by molar-refractivity contribution is 6.08. The number of furan rings is 1. The topological polar surface area (TPSA) is 67.5 Å². The van der Waals surface area contributed by atoms with Gasteiger partial charge in [-0.3, -0.25) is 9.59 Å². The molecule has 0 atom stereocenters. The molecule has 1 aromatic rings. The first kappa shape index (κ1) is 11.0. The van der Waals surface area contributed by atoms with Gasteiger partial charge in [-0.05, 0) is 24.3 Å². The molecule has 0 aliphatic rings. The van der Waals surface area contributed by atoms with Gasteiger partial charge in [-0.2, -0.15) is 0 Å². The Morgan fingerprint density at radius 2 is 2.27 bits per heavy atom. The number of carbonyl (C=O) groups is 2. The monoisotopic (exact) mass is 206 g/mol. The summed E-state index contributed by atoms with van der Waals surface area (Å²) in [4.78, 5) is 21.8. The van der Waals surface area contributed by atoms with E-state index in [1.54, 1.807) is 12.1 Å². The predicted molar refractivity (Wildman–Crippen MR) is 54.1 cm³/mol. The van der Waals surface area contributed by atoms with Crippen molar-refractivity contribution in [2.75, 3.05) is 0 Å². The number of ketones is 1. The minimum Gasteiger partial charge on any atom is -0.481 e. The summed E-state index contributed by atoms with van der Waals surface area (Å²) in [5, 5.41) is 8.60. The minimum atomic E-state index is -1.07. The molecule has 0 saturated heterocycles. The van der Waals surface area contributed by atoms with Crippen molar-refractivity contribution < 1.29 is 19.1 Å². The number of carbonyl (C=O) groups excluding carboxylic acids is 1. The van der Waals surface area contributed by atoms with E-state index in [0.29, 0.717) is 5.76 Å². The van der Waals surface area contributed by atoms with Gasteiger partial charge in [-0.15, -0.1) is 0 Å². The molecular formula is C11H10O4. The lowest BCUT2D eigenvalue weighted by Crippen LogP contribution is -2.04. The molecule has 78 valence electrons. The summed E-state index contributed by atoms with van der Waals surface area (Å²) in [6.07, 6.45) is 3.59. The van der Waals surface area contributed by atoms with Gasteiger partial charge in [0.2, 0.25) is 0 Å². The van der Waals surface area contributed by atoms with E-state index in [1.807, 2.05) is 0 Å². The standard InChI is InChI=1S/C11H10O4/c1-2-10(12)8(7-11(13)14)6-9-4-3-5-15-9/h2-6H,1,7H2,(H,13,14). The maximum Gasteiger partial charge on any atom is 0.307 e. The lowest BCUT2D eigenvalue weighted by atomic mass is 10.1. The summed E-state index contributed by atoms with van der Waals surface area (Å²) in [6, 6.07) is 3.29. The third-order valence-electron chi connectivity index (χ3n) is 1.70. The third kappa shape index (κ3) is 3.27. The predicted octanol–water partition coefficient (Wildman–Crippen LogP) is 1.89. The fraction of sp³-hybridized carbons (Fsp3) is 0.0909. The lowest BCUT2D eigenvalue weighted by molar-refractivity contribution is -0.136. The molecule has 0 saturated carbocycles. The van der Waals surface area contributed by atoms with E-state index in [2.05, 4.69) is 6.58 Å². The first-order valence-corrected chi connectivity index (χ1v) is 4.26.